The van der Waals surface area contributed by atoms with Crippen molar-refractivity contribution in [2.75, 3.05) is 19.1 Å². The summed E-state index contributed by atoms with van der Waals surface area (Å²) < 4.78 is 10.1. The maximum atomic E-state index is 13.7. The number of benzene rings is 3. The molecule has 0 fully saturated rings. The van der Waals surface area contributed by atoms with Crippen LogP contribution >= 0.6 is 0 Å². The van der Waals surface area contributed by atoms with E-state index >= 15 is 0 Å². The lowest BCUT2D eigenvalue weighted by Gasteiger charge is -2.44. The van der Waals surface area contributed by atoms with E-state index in [0.717, 1.165) is 11.1 Å². The van der Waals surface area contributed by atoms with Gasteiger partial charge in [-0.15, -0.1) is 0 Å². The lowest BCUT2D eigenvalue weighted by molar-refractivity contribution is -0.126. The molecule has 0 radical (unpaired) electrons. The highest BCUT2D eigenvalue weighted by Crippen LogP contribution is 2.36. The molecule has 0 bridgehead atoms. The summed E-state index contributed by atoms with van der Waals surface area (Å²) in [5.41, 5.74) is 1.72. The van der Waals surface area contributed by atoms with Crippen LogP contribution in [0.15, 0.2) is 72.8 Å². The lowest BCUT2D eigenvalue weighted by atomic mass is 9.82. The molecule has 0 aliphatic carbocycles. The van der Waals surface area contributed by atoms with Gasteiger partial charge in [-0.1, -0.05) is 36.4 Å². The highest BCUT2D eigenvalue weighted by Gasteiger charge is 2.47. The minimum atomic E-state index is -1.22. The number of methoxy groups -OCH3 is 2. The Bertz CT molecular complexity index is 1260. The van der Waals surface area contributed by atoms with Crippen LogP contribution in [0.1, 0.15) is 38.8 Å². The van der Waals surface area contributed by atoms with Crippen molar-refractivity contribution < 1.29 is 23.9 Å². The quantitative estimate of drug-likeness (QED) is 0.569. The molecule has 1 N–H and O–H groups in total. The largest absolute Gasteiger partial charge is 0.497 e. The van der Waals surface area contributed by atoms with Gasteiger partial charge in [0.1, 0.15) is 11.3 Å². The monoisotopic (exact) mass is 458 g/mol. The summed E-state index contributed by atoms with van der Waals surface area (Å²) in [4.78, 5) is 40.9. The Morgan fingerprint density at radius 3 is 2.53 bits per heavy atom. The molecule has 0 spiro atoms. The summed E-state index contributed by atoms with van der Waals surface area (Å²) >= 11 is 0. The highest BCUT2D eigenvalue weighted by molar-refractivity contribution is 6.14. The molecule has 1 heterocycles. The zero-order chi connectivity index (χ0) is 24.3. The van der Waals surface area contributed by atoms with Gasteiger partial charge < -0.3 is 14.8 Å². The van der Waals surface area contributed by atoms with Gasteiger partial charge in [0.05, 0.1) is 19.8 Å². The Kier molecular flexibility index (Phi) is 6.36. The first-order valence-electron chi connectivity index (χ1n) is 10.9. The average Bonchev–Trinajstić information content (AvgIpc) is 2.87. The van der Waals surface area contributed by atoms with E-state index in [1.807, 2.05) is 36.4 Å². The van der Waals surface area contributed by atoms with Crippen molar-refractivity contribution >= 4 is 23.5 Å². The van der Waals surface area contributed by atoms with Crippen LogP contribution in [0.5, 0.6) is 5.75 Å². The fraction of sp³-hybridized carbons (Fsp3) is 0.222. The van der Waals surface area contributed by atoms with Crippen LogP contribution in [0, 0.1) is 0 Å². The number of nitrogens with zero attached hydrogens (tertiary/aromatic N) is 1. The van der Waals surface area contributed by atoms with Crippen LogP contribution < -0.4 is 15.0 Å². The highest BCUT2D eigenvalue weighted by atomic mass is 16.5. The number of rotatable bonds is 6. The number of amides is 2. The molecule has 34 heavy (non-hydrogen) atoms. The number of carbonyl (C=O) groups is 3. The van der Waals surface area contributed by atoms with Crippen molar-refractivity contribution in [3.8, 4) is 5.75 Å². The zero-order valence-corrected chi connectivity index (χ0v) is 19.3. The number of hydrogen-bond acceptors (Lipinski definition) is 5. The van der Waals surface area contributed by atoms with Crippen LogP contribution in [0.3, 0.4) is 0 Å². The van der Waals surface area contributed by atoms with Crippen LogP contribution in [-0.4, -0.2) is 37.5 Å². The van der Waals surface area contributed by atoms with Gasteiger partial charge in [0.25, 0.3) is 5.91 Å². The van der Waals surface area contributed by atoms with Gasteiger partial charge in [-0.25, -0.2) is 4.79 Å². The first-order chi connectivity index (χ1) is 16.4. The minimum Gasteiger partial charge on any atom is -0.497 e. The molecule has 174 valence electrons. The Morgan fingerprint density at radius 2 is 1.76 bits per heavy atom. The molecule has 0 saturated heterocycles. The van der Waals surface area contributed by atoms with Crippen molar-refractivity contribution in [3.63, 3.8) is 0 Å². The fourth-order valence-corrected chi connectivity index (χ4v) is 4.31. The molecular weight excluding hydrogens is 432 g/mol. The summed E-state index contributed by atoms with van der Waals surface area (Å²) in [6.07, 6.45) is 0.321. The standard InChI is InChI=1S/C27H26N2O5/c1-27(26(32)28-17-18-8-6-12-22(14-18)33-2)16-20-9-4-5-13-23(20)24(30)29(27)21-11-7-10-19(15-21)25(31)34-3/h4-15H,16-17H2,1-3H3,(H,28,32). The van der Waals surface area contributed by atoms with Crippen LogP contribution in [0.2, 0.25) is 0 Å². The van der Waals surface area contributed by atoms with E-state index in [1.165, 1.54) is 12.0 Å². The first kappa shape index (κ1) is 23.0. The molecule has 3 aromatic rings. The molecule has 3 aromatic carbocycles. The second-order valence-corrected chi connectivity index (χ2v) is 8.32. The number of fused-ring (bicyclic) bond motifs is 1. The third-order valence-corrected chi connectivity index (χ3v) is 6.08. The van der Waals surface area contributed by atoms with E-state index in [4.69, 9.17) is 9.47 Å². The number of esters is 1. The normalized spacial score (nSPS) is 17.0. The smallest absolute Gasteiger partial charge is 0.337 e. The third kappa shape index (κ3) is 4.24. The third-order valence-electron chi connectivity index (χ3n) is 6.08. The molecule has 1 aliphatic heterocycles. The fourth-order valence-electron chi connectivity index (χ4n) is 4.31. The SMILES string of the molecule is COC(=O)c1cccc(N2C(=O)c3ccccc3CC2(C)C(=O)NCc2cccc(OC)c2)c1. The van der Waals surface area contributed by atoms with Crippen LogP contribution in [0.25, 0.3) is 0 Å². The topological polar surface area (TPSA) is 84.9 Å². The molecule has 1 unspecified atom stereocenters. The van der Waals surface area contributed by atoms with Crippen molar-refractivity contribution in [1.82, 2.24) is 5.32 Å². The van der Waals surface area contributed by atoms with Gasteiger partial charge in [-0.3, -0.25) is 14.5 Å². The molecule has 0 aromatic heterocycles. The number of ether oxygens (including phenoxy) is 2. The summed E-state index contributed by atoms with van der Waals surface area (Å²) in [6.45, 7) is 2.02. The van der Waals surface area contributed by atoms with Crippen molar-refractivity contribution in [1.29, 1.82) is 0 Å². The Balaban J connectivity index is 1.72. The van der Waals surface area contributed by atoms with Gasteiger partial charge in [0.15, 0.2) is 0 Å². The maximum absolute atomic E-state index is 13.7. The van der Waals surface area contributed by atoms with Crippen molar-refractivity contribution in [2.45, 2.75) is 25.4 Å². The molecule has 7 nitrogen and oxygen atoms in total. The summed E-state index contributed by atoms with van der Waals surface area (Å²) in [5, 5.41) is 2.98. The molecule has 4 rings (SSSR count). The van der Waals surface area contributed by atoms with E-state index in [2.05, 4.69) is 5.32 Å². The molecule has 7 heteroatoms. The summed E-state index contributed by atoms with van der Waals surface area (Å²) in [7, 11) is 2.89. The lowest BCUT2D eigenvalue weighted by Crippen LogP contribution is -2.63. The second kappa shape index (κ2) is 9.39. The molecule has 2 amide bonds. The maximum Gasteiger partial charge on any atom is 0.337 e. The predicted octanol–water partition coefficient (Wildman–Crippen LogP) is 3.76. The summed E-state index contributed by atoms with van der Waals surface area (Å²) in [5.74, 6) is -0.429. The van der Waals surface area contributed by atoms with Gasteiger partial charge in [0, 0.05) is 24.2 Å². The molecular formula is C27H26N2O5. The Morgan fingerprint density at radius 1 is 1.00 bits per heavy atom. The molecule has 0 saturated carbocycles. The molecule has 1 aliphatic rings. The number of nitrogens with one attached hydrogen (secondary N) is 1. The number of hydrogen-bond donors (Lipinski definition) is 1. The first-order valence-corrected chi connectivity index (χ1v) is 10.9. The Labute approximate surface area is 198 Å². The van der Waals surface area contributed by atoms with Gasteiger partial charge >= 0.3 is 5.97 Å². The van der Waals surface area contributed by atoms with Crippen molar-refractivity contribution in [3.05, 3.63) is 95.1 Å². The van der Waals surface area contributed by atoms with Crippen LogP contribution in [0.4, 0.5) is 5.69 Å². The van der Waals surface area contributed by atoms with E-state index in [0.29, 0.717) is 29.0 Å². The van der Waals surface area contributed by atoms with E-state index in [1.54, 1.807) is 50.4 Å². The van der Waals surface area contributed by atoms with Crippen LogP contribution in [-0.2, 0) is 22.5 Å². The summed E-state index contributed by atoms with van der Waals surface area (Å²) in [6, 6.07) is 21.3. The number of carbonyl (C=O) groups excluding carboxylic acids is 3. The van der Waals surface area contributed by atoms with Gasteiger partial charge in [-0.05, 0) is 54.4 Å². The Hall–Kier alpha value is -4.13. The van der Waals surface area contributed by atoms with E-state index in [-0.39, 0.29) is 18.4 Å². The average molecular weight is 459 g/mol. The second-order valence-electron chi connectivity index (χ2n) is 8.32. The molecule has 1 atom stereocenters. The zero-order valence-electron chi connectivity index (χ0n) is 19.3. The predicted molar refractivity (Wildman–Crippen MR) is 128 cm³/mol. The number of anilines is 1. The van der Waals surface area contributed by atoms with E-state index in [9.17, 15) is 14.4 Å². The van der Waals surface area contributed by atoms with Gasteiger partial charge in [0.2, 0.25) is 5.91 Å². The minimum absolute atomic E-state index is 0.275. The van der Waals surface area contributed by atoms with Gasteiger partial charge in [-0.2, -0.15) is 0 Å². The van der Waals surface area contributed by atoms with E-state index < -0.39 is 11.5 Å². The van der Waals surface area contributed by atoms with Crippen molar-refractivity contribution in [2.24, 2.45) is 0 Å².